The maximum absolute atomic E-state index is 11.7. The number of ether oxygens (including phenoxy) is 1. The first-order valence-corrected chi connectivity index (χ1v) is 7.54. The lowest BCUT2D eigenvalue weighted by Gasteiger charge is -2.28. The van der Waals surface area contributed by atoms with E-state index in [0.29, 0.717) is 0 Å². The minimum absolute atomic E-state index is 0.0955. The van der Waals surface area contributed by atoms with Gasteiger partial charge < -0.3 is 20.5 Å². The van der Waals surface area contributed by atoms with Crippen LogP contribution in [0.15, 0.2) is 30.3 Å². The smallest absolute Gasteiger partial charge is 0.234 e. The Hall–Kier alpha value is -1.59. The van der Waals surface area contributed by atoms with Crippen molar-refractivity contribution in [3.8, 4) is 5.75 Å². The second-order valence-electron chi connectivity index (χ2n) is 5.45. The molecule has 3 N–H and O–H groups in total. The van der Waals surface area contributed by atoms with Crippen molar-refractivity contribution in [2.75, 3.05) is 13.6 Å². The zero-order valence-corrected chi connectivity index (χ0v) is 12.4. The fraction of sp³-hybridized carbons (Fsp3) is 0.562. The fourth-order valence-corrected chi connectivity index (χ4v) is 2.69. The van der Waals surface area contributed by atoms with Crippen molar-refractivity contribution in [3.05, 3.63) is 30.3 Å². The van der Waals surface area contributed by atoms with Crippen LogP contribution in [0.5, 0.6) is 5.75 Å². The number of carbonyl (C=O) groups excluding carboxylic acids is 1. The molecule has 1 aliphatic rings. The Morgan fingerprint density at radius 1 is 1.29 bits per heavy atom. The van der Waals surface area contributed by atoms with E-state index >= 15 is 0 Å². The van der Waals surface area contributed by atoms with Crippen LogP contribution in [0, 0.1) is 0 Å². The van der Waals surface area contributed by atoms with Crippen LogP contribution >= 0.6 is 0 Å². The van der Waals surface area contributed by atoms with E-state index < -0.39 is 6.10 Å². The first-order chi connectivity index (χ1) is 10.2. The molecule has 116 valence electrons. The van der Waals surface area contributed by atoms with Crippen molar-refractivity contribution in [2.24, 2.45) is 0 Å². The number of para-hydroxylation sites is 1. The van der Waals surface area contributed by atoms with Crippen LogP contribution in [-0.2, 0) is 4.79 Å². The van der Waals surface area contributed by atoms with E-state index in [2.05, 4.69) is 10.6 Å². The van der Waals surface area contributed by atoms with Crippen LogP contribution in [0.1, 0.15) is 25.7 Å². The minimum Gasteiger partial charge on any atom is -0.488 e. The predicted octanol–water partition coefficient (Wildman–Crippen LogP) is 1.07. The number of amides is 1. The van der Waals surface area contributed by atoms with Gasteiger partial charge in [0.05, 0.1) is 12.6 Å². The molecular formula is C16H24N2O3. The van der Waals surface area contributed by atoms with Gasteiger partial charge in [0, 0.05) is 0 Å². The summed E-state index contributed by atoms with van der Waals surface area (Å²) in [6.07, 6.45) is 2.59. The molecule has 5 heteroatoms. The summed E-state index contributed by atoms with van der Waals surface area (Å²) < 4.78 is 5.90. The van der Waals surface area contributed by atoms with Gasteiger partial charge in [-0.1, -0.05) is 24.6 Å². The van der Waals surface area contributed by atoms with Crippen molar-refractivity contribution < 1.29 is 14.6 Å². The summed E-state index contributed by atoms with van der Waals surface area (Å²) in [5.41, 5.74) is 0. The van der Waals surface area contributed by atoms with E-state index in [1.54, 1.807) is 7.05 Å². The van der Waals surface area contributed by atoms with Gasteiger partial charge in [0.25, 0.3) is 0 Å². The highest BCUT2D eigenvalue weighted by molar-refractivity contribution is 5.78. The Balaban J connectivity index is 1.99. The molecule has 21 heavy (non-hydrogen) atoms. The highest BCUT2D eigenvalue weighted by Gasteiger charge is 2.32. The summed E-state index contributed by atoms with van der Waals surface area (Å²) in [5.74, 6) is 0.658. The van der Waals surface area contributed by atoms with Gasteiger partial charge in [-0.25, -0.2) is 0 Å². The zero-order chi connectivity index (χ0) is 15.1. The summed E-state index contributed by atoms with van der Waals surface area (Å²) in [6.45, 7) is 0.257. The number of benzene rings is 1. The molecule has 0 unspecified atom stereocenters. The molecule has 0 aliphatic heterocycles. The van der Waals surface area contributed by atoms with Crippen LogP contribution in [0.4, 0.5) is 0 Å². The van der Waals surface area contributed by atoms with Crippen LogP contribution in [0.25, 0.3) is 0 Å². The van der Waals surface area contributed by atoms with Crippen molar-refractivity contribution in [2.45, 2.75) is 43.9 Å². The van der Waals surface area contributed by atoms with E-state index in [1.807, 2.05) is 30.3 Å². The topological polar surface area (TPSA) is 70.6 Å². The van der Waals surface area contributed by atoms with Gasteiger partial charge >= 0.3 is 0 Å². The van der Waals surface area contributed by atoms with Gasteiger partial charge in [0.1, 0.15) is 18.0 Å². The third kappa shape index (κ3) is 4.72. The lowest BCUT2D eigenvalue weighted by atomic mass is 10.0. The summed E-state index contributed by atoms with van der Waals surface area (Å²) in [4.78, 5) is 11.7. The fourth-order valence-electron chi connectivity index (χ4n) is 2.69. The highest BCUT2D eigenvalue weighted by Crippen LogP contribution is 2.23. The van der Waals surface area contributed by atoms with Crippen LogP contribution in [0.2, 0.25) is 0 Å². The van der Waals surface area contributed by atoms with Gasteiger partial charge in [-0.05, 0) is 38.4 Å². The number of aliphatic hydroxyl groups excluding tert-OH is 1. The molecule has 0 heterocycles. The number of nitrogens with one attached hydrogen (secondary N) is 2. The molecule has 2 rings (SSSR count). The Labute approximate surface area is 125 Å². The Morgan fingerprint density at radius 2 is 2.00 bits per heavy atom. The molecule has 1 fully saturated rings. The average molecular weight is 292 g/mol. The van der Waals surface area contributed by atoms with Gasteiger partial charge in [-0.3, -0.25) is 4.79 Å². The average Bonchev–Trinajstić information content (AvgIpc) is 2.64. The zero-order valence-electron chi connectivity index (χ0n) is 12.4. The van der Waals surface area contributed by atoms with Crippen molar-refractivity contribution in [3.63, 3.8) is 0 Å². The molecule has 0 saturated heterocycles. The van der Waals surface area contributed by atoms with E-state index in [0.717, 1.165) is 31.4 Å². The summed E-state index contributed by atoms with van der Waals surface area (Å²) in [7, 11) is 1.73. The van der Waals surface area contributed by atoms with Crippen LogP contribution < -0.4 is 15.4 Å². The third-order valence-corrected chi connectivity index (χ3v) is 3.76. The predicted molar refractivity (Wildman–Crippen MR) is 81.2 cm³/mol. The molecule has 1 amide bonds. The van der Waals surface area contributed by atoms with Crippen LogP contribution in [0.3, 0.4) is 0 Å². The molecule has 0 bridgehead atoms. The number of hydrogen-bond acceptors (Lipinski definition) is 4. The van der Waals surface area contributed by atoms with E-state index in [4.69, 9.17) is 4.74 Å². The molecule has 1 saturated carbocycles. The first-order valence-electron chi connectivity index (χ1n) is 7.54. The second kappa shape index (κ2) is 8.00. The van der Waals surface area contributed by atoms with E-state index in [9.17, 15) is 9.90 Å². The lowest BCUT2D eigenvalue weighted by Crippen LogP contribution is -2.50. The Kier molecular flexibility index (Phi) is 6.02. The van der Waals surface area contributed by atoms with Crippen molar-refractivity contribution in [1.29, 1.82) is 0 Å². The highest BCUT2D eigenvalue weighted by atomic mass is 16.5. The molecule has 0 aromatic heterocycles. The van der Waals surface area contributed by atoms with E-state index in [1.165, 1.54) is 0 Å². The maximum atomic E-state index is 11.7. The number of likely N-dealkylation sites (N-methyl/N-ethyl adjacent to an activating group) is 1. The molecular weight excluding hydrogens is 268 g/mol. The Morgan fingerprint density at radius 3 is 2.71 bits per heavy atom. The summed E-state index contributed by atoms with van der Waals surface area (Å²) in [5, 5.41) is 16.2. The van der Waals surface area contributed by atoms with Crippen molar-refractivity contribution >= 4 is 5.91 Å². The summed E-state index contributed by atoms with van der Waals surface area (Å²) in [6, 6.07) is 9.26. The molecule has 0 spiro atoms. The molecule has 0 radical (unpaired) electrons. The standard InChI is InChI=1S/C16H24N2O3/c1-17-11-15(19)18-13-9-5-6-10-14(16(13)20)21-12-7-3-2-4-8-12/h2-4,7-8,13-14,16-17,20H,5-6,9-11H2,1H3,(H,18,19)/t13-,14-,16-/m1/s1. The molecule has 3 atom stereocenters. The molecule has 5 nitrogen and oxygen atoms in total. The molecule has 1 aromatic carbocycles. The number of aliphatic hydroxyl groups is 1. The normalized spacial score (nSPS) is 25.9. The van der Waals surface area contributed by atoms with Gasteiger partial charge in [0.15, 0.2) is 0 Å². The molecule has 1 aromatic rings. The number of hydrogen-bond donors (Lipinski definition) is 3. The second-order valence-corrected chi connectivity index (χ2v) is 5.45. The third-order valence-electron chi connectivity index (χ3n) is 3.76. The van der Waals surface area contributed by atoms with Crippen LogP contribution in [-0.4, -0.2) is 42.9 Å². The monoisotopic (exact) mass is 292 g/mol. The number of carbonyl (C=O) groups is 1. The van der Waals surface area contributed by atoms with E-state index in [-0.39, 0.29) is 24.6 Å². The maximum Gasteiger partial charge on any atom is 0.234 e. The lowest BCUT2D eigenvalue weighted by molar-refractivity contribution is -0.122. The molecule has 1 aliphatic carbocycles. The van der Waals surface area contributed by atoms with Crippen molar-refractivity contribution in [1.82, 2.24) is 10.6 Å². The first kappa shape index (κ1) is 15.8. The largest absolute Gasteiger partial charge is 0.488 e. The SMILES string of the molecule is CNCC(=O)N[C@@H]1CCCC[C@@H](Oc2ccccc2)[C@@H]1O. The summed E-state index contributed by atoms with van der Waals surface area (Å²) >= 11 is 0. The minimum atomic E-state index is -0.687. The Bertz CT molecular complexity index is 438. The van der Waals surface area contributed by atoms with Gasteiger partial charge in [-0.2, -0.15) is 0 Å². The van der Waals surface area contributed by atoms with Gasteiger partial charge in [0.2, 0.25) is 5.91 Å². The van der Waals surface area contributed by atoms with Gasteiger partial charge in [-0.15, -0.1) is 0 Å². The quantitative estimate of drug-likeness (QED) is 0.710. The number of rotatable bonds is 5.